The minimum atomic E-state index is -1.09. The molecule has 0 spiro atoms. The Labute approximate surface area is 76.3 Å². The van der Waals surface area contributed by atoms with E-state index in [1.165, 1.54) is 0 Å². The lowest BCUT2D eigenvalue weighted by Crippen LogP contribution is -2.19. The third-order valence-corrected chi connectivity index (χ3v) is 1.59. The molecule has 0 aliphatic rings. The molecule has 0 bridgehead atoms. The van der Waals surface area contributed by atoms with Crippen molar-refractivity contribution in [1.82, 2.24) is 0 Å². The minimum Gasteiger partial charge on any atom is -0.481 e. The number of carboxylic acid groups (broad SMARTS) is 2. The van der Waals surface area contributed by atoms with Gasteiger partial charge in [0.1, 0.15) is 0 Å². The molecule has 0 aromatic carbocycles. The molecule has 13 heavy (non-hydrogen) atoms. The zero-order valence-electron chi connectivity index (χ0n) is 7.52. The van der Waals surface area contributed by atoms with E-state index >= 15 is 0 Å². The maximum absolute atomic E-state index is 10.5. The fourth-order valence-corrected chi connectivity index (χ4v) is 0.894. The molecule has 1 unspecified atom stereocenters. The topological polar surface area (TPSA) is 83.8 Å². The summed E-state index contributed by atoms with van der Waals surface area (Å²) in [7, 11) is 0. The summed E-state index contributed by atoms with van der Waals surface area (Å²) in [5.74, 6) is -3.02. The highest BCUT2D eigenvalue weighted by Gasteiger charge is 2.20. The van der Waals surface area contributed by atoms with Crippen molar-refractivity contribution in [2.75, 3.05) is 13.2 Å². The number of carbonyl (C=O) groups is 2. The summed E-state index contributed by atoms with van der Waals surface area (Å²) in [6, 6.07) is 0. The number of ether oxygens (including phenoxy) is 1. The Hall–Kier alpha value is -1.10. The van der Waals surface area contributed by atoms with Crippen LogP contribution in [0, 0.1) is 5.92 Å². The van der Waals surface area contributed by atoms with Gasteiger partial charge in [0.25, 0.3) is 0 Å². The third-order valence-electron chi connectivity index (χ3n) is 1.59. The Bertz CT molecular complexity index is 177. The molecule has 0 aromatic rings. The summed E-state index contributed by atoms with van der Waals surface area (Å²) in [4.78, 5) is 20.8. The first kappa shape index (κ1) is 11.9. The number of rotatable bonds is 7. The molecular weight excluding hydrogens is 176 g/mol. The van der Waals surface area contributed by atoms with Gasteiger partial charge in [0, 0.05) is 13.2 Å². The molecule has 1 atom stereocenters. The van der Waals surface area contributed by atoms with Crippen molar-refractivity contribution in [3.63, 3.8) is 0 Å². The van der Waals surface area contributed by atoms with Crippen LogP contribution in [0.1, 0.15) is 19.8 Å². The van der Waals surface area contributed by atoms with Crippen molar-refractivity contribution in [3.8, 4) is 0 Å². The summed E-state index contributed by atoms with van der Waals surface area (Å²) in [6.07, 6.45) is -0.0993. The molecule has 0 amide bonds. The first-order valence-corrected chi connectivity index (χ1v) is 4.10. The monoisotopic (exact) mass is 190 g/mol. The van der Waals surface area contributed by atoms with Crippen molar-refractivity contribution in [2.24, 2.45) is 5.92 Å². The normalized spacial score (nSPS) is 12.4. The highest BCUT2D eigenvalue weighted by Crippen LogP contribution is 2.08. The van der Waals surface area contributed by atoms with Crippen molar-refractivity contribution in [2.45, 2.75) is 19.8 Å². The van der Waals surface area contributed by atoms with E-state index in [9.17, 15) is 9.59 Å². The Morgan fingerprint density at radius 2 is 2.00 bits per heavy atom. The fourth-order valence-electron chi connectivity index (χ4n) is 0.894. The summed E-state index contributed by atoms with van der Waals surface area (Å²) >= 11 is 0. The van der Waals surface area contributed by atoms with Crippen LogP contribution in [0.2, 0.25) is 0 Å². The Balaban J connectivity index is 3.81. The average molecular weight is 190 g/mol. The van der Waals surface area contributed by atoms with Gasteiger partial charge in [-0.3, -0.25) is 9.59 Å². The van der Waals surface area contributed by atoms with Crippen LogP contribution in [-0.2, 0) is 14.3 Å². The van der Waals surface area contributed by atoms with E-state index in [4.69, 9.17) is 14.9 Å². The van der Waals surface area contributed by atoms with Crippen molar-refractivity contribution in [3.05, 3.63) is 0 Å². The smallest absolute Gasteiger partial charge is 0.307 e. The highest BCUT2D eigenvalue weighted by molar-refractivity contribution is 5.77. The highest BCUT2D eigenvalue weighted by atomic mass is 16.5. The Kier molecular flexibility index (Phi) is 5.88. The Morgan fingerprint density at radius 3 is 2.38 bits per heavy atom. The van der Waals surface area contributed by atoms with E-state index in [-0.39, 0.29) is 12.8 Å². The first-order valence-electron chi connectivity index (χ1n) is 4.10. The molecule has 0 fully saturated rings. The van der Waals surface area contributed by atoms with Gasteiger partial charge in [0.05, 0.1) is 12.3 Å². The van der Waals surface area contributed by atoms with Gasteiger partial charge < -0.3 is 14.9 Å². The Morgan fingerprint density at radius 1 is 1.38 bits per heavy atom. The number of hydrogen-bond acceptors (Lipinski definition) is 3. The SMILES string of the molecule is CCOCCC(CC(=O)O)C(=O)O. The number of aliphatic carboxylic acids is 2. The quantitative estimate of drug-likeness (QED) is 0.574. The average Bonchev–Trinajstić information content (AvgIpc) is 2.02. The summed E-state index contributed by atoms with van der Waals surface area (Å²) in [6.45, 7) is 2.60. The van der Waals surface area contributed by atoms with Gasteiger partial charge in [-0.05, 0) is 13.3 Å². The zero-order chi connectivity index (χ0) is 10.3. The molecule has 5 heteroatoms. The standard InChI is InChI=1S/C8H14O5/c1-2-13-4-3-6(8(11)12)5-7(9)10/h6H,2-5H2,1H3,(H,9,10)(H,11,12). The lowest BCUT2D eigenvalue weighted by atomic mass is 10.0. The summed E-state index contributed by atoms with van der Waals surface area (Å²) in [5.41, 5.74) is 0. The van der Waals surface area contributed by atoms with Gasteiger partial charge in [-0.2, -0.15) is 0 Å². The van der Waals surface area contributed by atoms with Crippen LogP contribution in [0.5, 0.6) is 0 Å². The molecule has 0 heterocycles. The van der Waals surface area contributed by atoms with Crippen LogP contribution in [0.4, 0.5) is 0 Å². The zero-order valence-corrected chi connectivity index (χ0v) is 7.52. The molecule has 0 rings (SSSR count). The van der Waals surface area contributed by atoms with Crippen LogP contribution < -0.4 is 0 Å². The van der Waals surface area contributed by atoms with Gasteiger partial charge >= 0.3 is 11.9 Å². The number of carboxylic acids is 2. The molecule has 2 N–H and O–H groups in total. The second-order valence-electron chi connectivity index (χ2n) is 2.62. The van der Waals surface area contributed by atoms with Crippen LogP contribution in [0.15, 0.2) is 0 Å². The van der Waals surface area contributed by atoms with E-state index in [0.29, 0.717) is 13.2 Å². The molecular formula is C8H14O5. The lowest BCUT2D eigenvalue weighted by Gasteiger charge is -2.08. The second kappa shape index (κ2) is 6.42. The van der Waals surface area contributed by atoms with Crippen molar-refractivity contribution >= 4 is 11.9 Å². The molecule has 0 aliphatic carbocycles. The predicted molar refractivity (Wildman–Crippen MR) is 44.5 cm³/mol. The minimum absolute atomic E-state index is 0.246. The molecule has 0 saturated heterocycles. The van der Waals surface area contributed by atoms with Crippen LogP contribution in [0.3, 0.4) is 0 Å². The van der Waals surface area contributed by atoms with Crippen molar-refractivity contribution in [1.29, 1.82) is 0 Å². The molecule has 0 radical (unpaired) electrons. The molecule has 0 aliphatic heterocycles. The molecule has 76 valence electrons. The molecule has 0 aromatic heterocycles. The van der Waals surface area contributed by atoms with Crippen LogP contribution in [-0.4, -0.2) is 35.4 Å². The van der Waals surface area contributed by atoms with Gasteiger partial charge in [0.15, 0.2) is 0 Å². The van der Waals surface area contributed by atoms with E-state index < -0.39 is 17.9 Å². The lowest BCUT2D eigenvalue weighted by molar-refractivity contribution is -0.148. The fraction of sp³-hybridized carbons (Fsp3) is 0.750. The molecule has 5 nitrogen and oxygen atoms in total. The number of hydrogen-bond donors (Lipinski definition) is 2. The summed E-state index contributed by atoms with van der Waals surface area (Å²) < 4.78 is 4.94. The molecule has 0 saturated carbocycles. The largest absolute Gasteiger partial charge is 0.481 e. The van der Waals surface area contributed by atoms with E-state index in [2.05, 4.69) is 0 Å². The van der Waals surface area contributed by atoms with Gasteiger partial charge in [-0.1, -0.05) is 0 Å². The van der Waals surface area contributed by atoms with Crippen LogP contribution >= 0.6 is 0 Å². The van der Waals surface area contributed by atoms with Gasteiger partial charge in [-0.15, -0.1) is 0 Å². The van der Waals surface area contributed by atoms with E-state index in [1.54, 1.807) is 6.92 Å². The predicted octanol–water partition coefficient (Wildman–Crippen LogP) is 0.589. The van der Waals surface area contributed by atoms with Gasteiger partial charge in [-0.25, -0.2) is 0 Å². The van der Waals surface area contributed by atoms with Gasteiger partial charge in [0.2, 0.25) is 0 Å². The van der Waals surface area contributed by atoms with E-state index in [0.717, 1.165) is 0 Å². The van der Waals surface area contributed by atoms with Crippen molar-refractivity contribution < 1.29 is 24.5 Å². The summed E-state index contributed by atoms with van der Waals surface area (Å²) in [5, 5.41) is 17.0. The second-order valence-corrected chi connectivity index (χ2v) is 2.62. The van der Waals surface area contributed by atoms with Crippen LogP contribution in [0.25, 0.3) is 0 Å². The third kappa shape index (κ3) is 6.10. The maximum Gasteiger partial charge on any atom is 0.307 e. The van der Waals surface area contributed by atoms with E-state index in [1.807, 2.05) is 0 Å². The first-order chi connectivity index (χ1) is 6.07. The maximum atomic E-state index is 10.5.